The highest BCUT2D eigenvalue weighted by atomic mass is 32.2. The van der Waals surface area contributed by atoms with E-state index in [9.17, 15) is 18.0 Å². The molecule has 0 heterocycles. The molecule has 0 saturated carbocycles. The molecule has 29 heavy (non-hydrogen) atoms. The van der Waals surface area contributed by atoms with Crippen LogP contribution in [0.4, 0.5) is 0 Å². The molecule has 1 N–H and O–H groups in total. The Kier molecular flexibility index (Phi) is 8.10. The van der Waals surface area contributed by atoms with E-state index < -0.39 is 21.7 Å². The van der Waals surface area contributed by atoms with Gasteiger partial charge in [-0.1, -0.05) is 36.2 Å². The van der Waals surface area contributed by atoms with Crippen molar-refractivity contribution in [2.24, 2.45) is 5.92 Å². The Hall–Kier alpha value is -2.51. The molecule has 0 aliphatic heterocycles. The second-order valence-electron chi connectivity index (χ2n) is 7.03. The summed E-state index contributed by atoms with van der Waals surface area (Å²) in [5.41, 5.74) is 1.34. The fourth-order valence-electron chi connectivity index (χ4n) is 3.05. The third-order valence-corrected chi connectivity index (χ3v) is 6.57. The van der Waals surface area contributed by atoms with E-state index in [1.165, 1.54) is 24.3 Å². The molecule has 7 heteroatoms. The van der Waals surface area contributed by atoms with Crippen molar-refractivity contribution in [1.82, 2.24) is 0 Å². The maximum atomic E-state index is 13.0. The Labute approximate surface area is 171 Å². The van der Waals surface area contributed by atoms with Crippen molar-refractivity contribution in [3.63, 3.8) is 0 Å². The van der Waals surface area contributed by atoms with Crippen LogP contribution in [0.3, 0.4) is 0 Å². The van der Waals surface area contributed by atoms with Gasteiger partial charge in [0.05, 0.1) is 16.2 Å². The highest BCUT2D eigenvalue weighted by molar-refractivity contribution is 7.91. The van der Waals surface area contributed by atoms with Gasteiger partial charge >= 0.3 is 5.97 Å². The lowest BCUT2D eigenvalue weighted by Crippen LogP contribution is -2.25. The number of methoxy groups -OCH3 is 1. The first-order valence-corrected chi connectivity index (χ1v) is 11.1. The molecule has 0 fully saturated rings. The zero-order valence-corrected chi connectivity index (χ0v) is 17.4. The standard InChI is InChI=1S/C22H26O6S/c1-16-6-12-20(13-7-16)29(26,27)15-19(5-3-4-14-28-2)21(23)17-8-10-18(11-9-17)22(24)25/h6-13,19H,3-5,14-15H2,1-2H3,(H,24,25). The van der Waals surface area contributed by atoms with Gasteiger partial charge in [0.15, 0.2) is 15.6 Å². The molecule has 6 nitrogen and oxygen atoms in total. The molecule has 2 aromatic carbocycles. The predicted molar refractivity (Wildman–Crippen MR) is 110 cm³/mol. The summed E-state index contributed by atoms with van der Waals surface area (Å²) in [6.07, 6.45) is 1.79. The molecule has 0 spiro atoms. The zero-order valence-electron chi connectivity index (χ0n) is 16.6. The summed E-state index contributed by atoms with van der Waals surface area (Å²) < 4.78 is 30.8. The quantitative estimate of drug-likeness (QED) is 0.440. The Morgan fingerprint density at radius 2 is 1.55 bits per heavy atom. The summed E-state index contributed by atoms with van der Waals surface area (Å²) in [5, 5.41) is 9.01. The summed E-state index contributed by atoms with van der Waals surface area (Å²) in [5.74, 6) is -2.38. The van der Waals surface area contributed by atoms with Crippen molar-refractivity contribution in [3.05, 3.63) is 65.2 Å². The summed E-state index contributed by atoms with van der Waals surface area (Å²) in [4.78, 5) is 24.2. The number of Topliss-reactive ketones (excluding diaryl/α,β-unsaturated/α-hetero) is 1. The van der Waals surface area contributed by atoms with Gasteiger partial charge in [0.2, 0.25) is 0 Å². The Morgan fingerprint density at radius 3 is 2.10 bits per heavy atom. The molecule has 2 aromatic rings. The minimum Gasteiger partial charge on any atom is -0.478 e. The molecular weight excluding hydrogens is 392 g/mol. The highest BCUT2D eigenvalue weighted by Gasteiger charge is 2.27. The minimum absolute atomic E-state index is 0.0745. The van der Waals surface area contributed by atoms with Crippen LogP contribution in [0.15, 0.2) is 53.4 Å². The SMILES string of the molecule is COCCCCC(CS(=O)(=O)c1ccc(C)cc1)C(=O)c1ccc(C(=O)O)cc1. The minimum atomic E-state index is -3.64. The summed E-state index contributed by atoms with van der Waals surface area (Å²) in [7, 11) is -2.05. The summed E-state index contributed by atoms with van der Waals surface area (Å²) in [6.45, 7) is 2.41. The van der Waals surface area contributed by atoms with Crippen LogP contribution in [-0.4, -0.2) is 44.7 Å². The number of benzene rings is 2. The number of carbonyl (C=O) groups is 2. The van der Waals surface area contributed by atoms with Gasteiger partial charge in [-0.05, 0) is 44.0 Å². The number of aromatic carboxylic acids is 1. The van der Waals surface area contributed by atoms with Crippen molar-refractivity contribution in [2.45, 2.75) is 31.1 Å². The van der Waals surface area contributed by atoms with Crippen LogP contribution in [0.2, 0.25) is 0 Å². The van der Waals surface area contributed by atoms with Crippen LogP contribution in [0.1, 0.15) is 45.5 Å². The van der Waals surface area contributed by atoms with Crippen molar-refractivity contribution in [2.75, 3.05) is 19.5 Å². The number of ether oxygens (including phenoxy) is 1. The number of carbonyl (C=O) groups excluding carboxylic acids is 1. The average molecular weight is 419 g/mol. The molecule has 1 unspecified atom stereocenters. The molecule has 0 bridgehead atoms. The number of carboxylic acids is 1. The molecule has 0 aliphatic carbocycles. The van der Waals surface area contributed by atoms with Gasteiger partial charge in [-0.2, -0.15) is 0 Å². The molecule has 0 radical (unpaired) electrons. The predicted octanol–water partition coefficient (Wildman–Crippen LogP) is 3.78. The normalized spacial score (nSPS) is 12.5. The van der Waals surface area contributed by atoms with E-state index in [-0.39, 0.29) is 22.0 Å². The lowest BCUT2D eigenvalue weighted by Gasteiger charge is -2.17. The smallest absolute Gasteiger partial charge is 0.335 e. The first-order chi connectivity index (χ1) is 13.7. The Bertz CT molecular complexity index is 930. The van der Waals surface area contributed by atoms with Crippen LogP contribution in [0, 0.1) is 12.8 Å². The number of aryl methyl sites for hydroxylation is 1. The third kappa shape index (κ3) is 6.51. The molecule has 156 valence electrons. The second-order valence-corrected chi connectivity index (χ2v) is 9.06. The van der Waals surface area contributed by atoms with Crippen LogP contribution >= 0.6 is 0 Å². The summed E-state index contributed by atoms with van der Waals surface area (Å²) >= 11 is 0. The molecule has 0 aromatic heterocycles. The van der Waals surface area contributed by atoms with Gasteiger partial charge in [0, 0.05) is 25.2 Å². The molecule has 2 rings (SSSR count). The van der Waals surface area contributed by atoms with Gasteiger partial charge in [-0.25, -0.2) is 13.2 Å². The number of rotatable bonds is 11. The van der Waals surface area contributed by atoms with Crippen molar-refractivity contribution in [1.29, 1.82) is 0 Å². The zero-order chi connectivity index (χ0) is 21.4. The lowest BCUT2D eigenvalue weighted by molar-refractivity contribution is 0.0696. The largest absolute Gasteiger partial charge is 0.478 e. The number of sulfone groups is 1. The average Bonchev–Trinajstić information content (AvgIpc) is 2.70. The second kappa shape index (κ2) is 10.3. The van der Waals surface area contributed by atoms with Gasteiger partial charge in [-0.15, -0.1) is 0 Å². The maximum absolute atomic E-state index is 13.0. The van der Waals surface area contributed by atoms with Gasteiger partial charge < -0.3 is 9.84 Å². The van der Waals surface area contributed by atoms with Crippen molar-refractivity contribution < 1.29 is 27.9 Å². The lowest BCUT2D eigenvalue weighted by atomic mass is 9.93. The number of ketones is 1. The van der Waals surface area contributed by atoms with Crippen LogP contribution in [0.5, 0.6) is 0 Å². The van der Waals surface area contributed by atoms with E-state index in [0.29, 0.717) is 25.0 Å². The fourth-order valence-corrected chi connectivity index (χ4v) is 4.64. The van der Waals surface area contributed by atoms with Crippen LogP contribution < -0.4 is 0 Å². The summed E-state index contributed by atoms with van der Waals surface area (Å²) in [6, 6.07) is 12.1. The first-order valence-electron chi connectivity index (χ1n) is 9.40. The van der Waals surface area contributed by atoms with E-state index in [1.54, 1.807) is 31.4 Å². The number of unbranched alkanes of at least 4 members (excludes halogenated alkanes) is 1. The molecule has 0 amide bonds. The van der Waals surface area contributed by atoms with E-state index >= 15 is 0 Å². The van der Waals surface area contributed by atoms with E-state index in [4.69, 9.17) is 9.84 Å². The topological polar surface area (TPSA) is 97.7 Å². The van der Waals surface area contributed by atoms with E-state index in [1.807, 2.05) is 6.92 Å². The number of carboxylic acid groups (broad SMARTS) is 1. The third-order valence-electron chi connectivity index (χ3n) is 4.74. The van der Waals surface area contributed by atoms with Gasteiger partial charge in [0.1, 0.15) is 0 Å². The van der Waals surface area contributed by atoms with Crippen LogP contribution in [0.25, 0.3) is 0 Å². The Morgan fingerprint density at radius 1 is 0.966 bits per heavy atom. The van der Waals surface area contributed by atoms with Crippen molar-refractivity contribution >= 4 is 21.6 Å². The molecular formula is C22H26O6S. The van der Waals surface area contributed by atoms with Crippen LogP contribution in [-0.2, 0) is 14.6 Å². The molecule has 1 atom stereocenters. The fraction of sp³-hybridized carbons (Fsp3) is 0.364. The number of hydrogen-bond donors (Lipinski definition) is 1. The van der Waals surface area contributed by atoms with Gasteiger partial charge in [0.25, 0.3) is 0 Å². The maximum Gasteiger partial charge on any atom is 0.335 e. The highest BCUT2D eigenvalue weighted by Crippen LogP contribution is 2.22. The van der Waals surface area contributed by atoms with E-state index in [0.717, 1.165) is 12.0 Å². The first kappa shape index (κ1) is 22.8. The molecule has 0 aliphatic rings. The monoisotopic (exact) mass is 418 g/mol. The number of hydrogen-bond acceptors (Lipinski definition) is 5. The van der Waals surface area contributed by atoms with Gasteiger partial charge in [-0.3, -0.25) is 4.79 Å². The van der Waals surface area contributed by atoms with Crippen molar-refractivity contribution in [3.8, 4) is 0 Å². The Balaban J connectivity index is 2.24. The molecule has 0 saturated heterocycles. The van der Waals surface area contributed by atoms with E-state index in [2.05, 4.69) is 0 Å².